The Morgan fingerprint density at radius 2 is 1.09 bits per heavy atom. The number of carbonyl (C=O) groups excluding carboxylic acids is 2. The van der Waals surface area contributed by atoms with E-state index in [4.69, 9.17) is 34.8 Å². The maximum absolute atomic E-state index is 11.6. The Hall–Kier alpha value is -3.32. The summed E-state index contributed by atoms with van der Waals surface area (Å²) in [5.41, 5.74) is 5.76. The van der Waals surface area contributed by atoms with Gasteiger partial charge in [-0.25, -0.2) is 0 Å². The Morgan fingerprint density at radius 3 is 1.40 bits per heavy atom. The van der Waals surface area contributed by atoms with Gasteiger partial charge in [0.25, 0.3) is 0 Å². The third-order valence-corrected chi connectivity index (χ3v) is 13.0. The number of hydrogen-bond acceptors (Lipinski definition) is 4. The molecular formula is C49H66Cl3N3O3. The minimum absolute atomic E-state index is 0.00265. The first-order valence-corrected chi connectivity index (χ1v) is 22.4. The Bertz CT molecular complexity index is 1840. The lowest BCUT2D eigenvalue weighted by Crippen LogP contribution is -2.54. The molecule has 0 saturated heterocycles. The van der Waals surface area contributed by atoms with E-state index in [2.05, 4.69) is 99.8 Å². The van der Waals surface area contributed by atoms with Gasteiger partial charge in [0.1, 0.15) is 0 Å². The zero-order chi connectivity index (χ0) is 42.7. The summed E-state index contributed by atoms with van der Waals surface area (Å²) in [6.45, 7) is 16.2. The normalized spacial score (nSPS) is 18.3. The quantitative estimate of drug-likeness (QED) is 0.0909. The van der Waals surface area contributed by atoms with Gasteiger partial charge in [0.05, 0.1) is 5.71 Å². The maximum atomic E-state index is 11.6. The number of nitrogens with zero attached hydrogens (tertiary/aromatic N) is 1. The summed E-state index contributed by atoms with van der Waals surface area (Å²) in [7, 11) is 0. The molecule has 0 spiro atoms. The fourth-order valence-corrected chi connectivity index (χ4v) is 9.31. The molecule has 0 unspecified atom stereocenters. The van der Waals surface area contributed by atoms with Gasteiger partial charge < -0.3 is 15.8 Å². The highest BCUT2D eigenvalue weighted by molar-refractivity contribution is 6.31. The molecule has 3 aliphatic carbocycles. The lowest BCUT2D eigenvalue weighted by molar-refractivity contribution is -0.121. The summed E-state index contributed by atoms with van der Waals surface area (Å²) in [6, 6.07) is 24.4. The molecule has 3 N–H and O–H groups in total. The van der Waals surface area contributed by atoms with Crippen molar-refractivity contribution in [3.05, 3.63) is 116 Å². The monoisotopic (exact) mass is 849 g/mol. The predicted molar refractivity (Wildman–Crippen MR) is 243 cm³/mol. The molecule has 3 aromatic rings. The van der Waals surface area contributed by atoms with Crippen LogP contribution in [-0.4, -0.2) is 28.8 Å². The fourth-order valence-electron chi connectivity index (χ4n) is 8.94. The zero-order valence-corrected chi connectivity index (χ0v) is 38.2. The van der Waals surface area contributed by atoms with Gasteiger partial charge in [-0.15, -0.1) is 0 Å². The largest absolute Gasteiger partial charge is 0.411 e. The van der Waals surface area contributed by atoms with Gasteiger partial charge in [-0.3, -0.25) is 9.59 Å². The number of amides is 2. The second-order valence-electron chi connectivity index (χ2n) is 17.9. The van der Waals surface area contributed by atoms with E-state index >= 15 is 0 Å². The highest BCUT2D eigenvalue weighted by atomic mass is 35.5. The lowest BCUT2D eigenvalue weighted by Gasteiger charge is -2.49. The van der Waals surface area contributed by atoms with E-state index in [0.717, 1.165) is 77.8 Å². The van der Waals surface area contributed by atoms with Crippen molar-refractivity contribution in [2.45, 2.75) is 148 Å². The number of halogens is 3. The third-order valence-electron chi connectivity index (χ3n) is 12.2. The van der Waals surface area contributed by atoms with Gasteiger partial charge in [0.2, 0.25) is 11.8 Å². The van der Waals surface area contributed by atoms with Crippen molar-refractivity contribution >= 4 is 52.3 Å². The predicted octanol–water partition coefficient (Wildman–Crippen LogP) is 13.4. The molecule has 6 nitrogen and oxygen atoms in total. The molecule has 2 amide bonds. The van der Waals surface area contributed by atoms with Crippen molar-refractivity contribution < 1.29 is 14.8 Å². The lowest BCUT2D eigenvalue weighted by atomic mass is 9.59. The Labute approximate surface area is 363 Å². The highest BCUT2D eigenvalue weighted by Gasteiger charge is 2.46. The van der Waals surface area contributed by atoms with Crippen molar-refractivity contribution in [1.82, 2.24) is 10.6 Å². The molecular weight excluding hydrogens is 785 g/mol. The maximum Gasteiger partial charge on any atom is 0.221 e. The average Bonchev–Trinajstić information content (AvgIpc) is 3.08. The van der Waals surface area contributed by atoms with Gasteiger partial charge in [0.15, 0.2) is 0 Å². The minimum atomic E-state index is -0.0520. The van der Waals surface area contributed by atoms with Gasteiger partial charge in [-0.2, -0.15) is 0 Å². The second-order valence-corrected chi connectivity index (χ2v) is 19.2. The van der Waals surface area contributed by atoms with Crippen LogP contribution in [0.3, 0.4) is 0 Å². The van der Waals surface area contributed by atoms with E-state index in [1.54, 1.807) is 13.8 Å². The smallest absolute Gasteiger partial charge is 0.221 e. The number of rotatable bonds is 13. The van der Waals surface area contributed by atoms with Crippen molar-refractivity contribution in [3.63, 3.8) is 0 Å². The van der Waals surface area contributed by atoms with Crippen molar-refractivity contribution in [1.29, 1.82) is 0 Å². The van der Waals surface area contributed by atoms with E-state index in [9.17, 15) is 14.8 Å². The first kappa shape index (κ1) is 47.4. The second kappa shape index (κ2) is 21.3. The summed E-state index contributed by atoms with van der Waals surface area (Å²) in [6.07, 6.45) is 14.2. The van der Waals surface area contributed by atoms with E-state index in [-0.39, 0.29) is 34.1 Å². The van der Waals surface area contributed by atoms with Crippen molar-refractivity contribution in [2.24, 2.45) is 22.9 Å². The van der Waals surface area contributed by atoms with Crippen LogP contribution in [0.1, 0.15) is 143 Å². The Balaban J connectivity index is 0.000000193. The average molecular weight is 851 g/mol. The van der Waals surface area contributed by atoms with Crippen LogP contribution in [0.25, 0.3) is 0 Å². The number of hydrogen-bond donors (Lipinski definition) is 3. The number of oxime groups is 1. The number of benzene rings is 3. The molecule has 9 heteroatoms. The van der Waals surface area contributed by atoms with E-state index < -0.39 is 0 Å². The van der Waals surface area contributed by atoms with Crippen LogP contribution in [-0.2, 0) is 25.8 Å². The minimum Gasteiger partial charge on any atom is -0.411 e. The van der Waals surface area contributed by atoms with Crippen LogP contribution < -0.4 is 10.6 Å². The molecule has 58 heavy (non-hydrogen) atoms. The van der Waals surface area contributed by atoms with Gasteiger partial charge in [0, 0.05) is 56.9 Å². The van der Waals surface area contributed by atoms with Crippen LogP contribution in [0, 0.1) is 17.8 Å². The summed E-state index contributed by atoms with van der Waals surface area (Å²) in [5.74, 6) is 1.53. The molecule has 0 heterocycles. The first-order valence-electron chi connectivity index (χ1n) is 21.2. The molecule has 3 fully saturated rings. The number of carbonyl (C=O) groups is 2. The van der Waals surface area contributed by atoms with Crippen LogP contribution in [0.4, 0.5) is 0 Å². The van der Waals surface area contributed by atoms with Gasteiger partial charge >= 0.3 is 0 Å². The van der Waals surface area contributed by atoms with E-state index in [0.29, 0.717) is 17.8 Å². The van der Waals surface area contributed by atoms with Crippen LogP contribution >= 0.6 is 34.8 Å². The van der Waals surface area contributed by atoms with Gasteiger partial charge in [-0.1, -0.05) is 143 Å². The SMILES string of the molecule is CC(=O)N/C(=C\C(C)C)C1(c2ccc(Cl)cc2)CCC1.CC(=O)N[C@H](CC(C)C)C1(c2ccc(Cl)cc2)CCC1.CC(C)C/C(=N\O)C1(c2ccc(Cl)cc2)CCC1. The molecule has 3 aliphatic rings. The molecule has 3 aromatic carbocycles. The highest BCUT2D eigenvalue weighted by Crippen LogP contribution is 2.50. The van der Waals surface area contributed by atoms with Crippen LogP contribution in [0.2, 0.25) is 15.1 Å². The van der Waals surface area contributed by atoms with Crippen LogP contribution in [0.5, 0.6) is 0 Å². The van der Waals surface area contributed by atoms with Crippen molar-refractivity contribution in [3.8, 4) is 0 Å². The number of allylic oxidation sites excluding steroid dienone is 2. The topological polar surface area (TPSA) is 90.8 Å². The zero-order valence-electron chi connectivity index (χ0n) is 35.9. The molecule has 0 bridgehead atoms. The molecule has 316 valence electrons. The Morgan fingerprint density at radius 1 is 0.655 bits per heavy atom. The van der Waals surface area contributed by atoms with Gasteiger partial charge in [-0.05, 0) is 122 Å². The molecule has 0 radical (unpaired) electrons. The summed E-state index contributed by atoms with van der Waals surface area (Å²) in [4.78, 5) is 23.1. The molecule has 6 rings (SSSR count). The molecule has 0 aliphatic heterocycles. The summed E-state index contributed by atoms with van der Waals surface area (Å²) >= 11 is 17.9. The summed E-state index contributed by atoms with van der Waals surface area (Å²) in [5, 5.41) is 21.5. The fraction of sp³-hybridized carbons (Fsp3) is 0.531. The van der Waals surface area contributed by atoms with E-state index in [1.807, 2.05) is 36.4 Å². The number of nitrogens with one attached hydrogen (secondary N) is 2. The molecule has 0 aromatic heterocycles. The molecule has 1 atom stereocenters. The van der Waals surface area contributed by atoms with E-state index in [1.165, 1.54) is 36.0 Å². The van der Waals surface area contributed by atoms with Crippen molar-refractivity contribution in [2.75, 3.05) is 0 Å². The molecule has 3 saturated carbocycles. The standard InChI is InChI=1S/C17H24ClNO.C17H22ClNO.C15H20ClNO/c2*1-12(2)11-16(19-13(3)20)17(9-4-10-17)14-5-7-15(18)8-6-14;1-11(2)10-14(17-18)15(8-3-9-15)12-4-6-13(16)7-5-12/h5-8,12,16H,4,9-11H2,1-3H3,(H,19,20);5-8,11-12H,4,9-10H2,1-3H3,(H,19,20);4-7,11,18H,3,8-10H2,1-2H3/b;16-11-;17-14+/t16-;;/m1../s1. The summed E-state index contributed by atoms with van der Waals surface area (Å²) < 4.78 is 0. The Kier molecular flexibility index (Phi) is 17.4. The van der Waals surface area contributed by atoms with Crippen LogP contribution in [0.15, 0.2) is 89.7 Å². The first-order chi connectivity index (χ1) is 27.5. The third kappa shape index (κ3) is 11.9.